The van der Waals surface area contributed by atoms with E-state index in [0.717, 1.165) is 0 Å². The van der Waals surface area contributed by atoms with Crippen molar-refractivity contribution in [2.24, 2.45) is 0 Å². The van der Waals surface area contributed by atoms with E-state index in [9.17, 15) is 19.2 Å². The third-order valence-corrected chi connectivity index (χ3v) is 1.41. The smallest absolute Gasteiger partial charge is 0.393 e. The predicted molar refractivity (Wildman–Crippen MR) is 75.7 cm³/mol. The predicted octanol–water partition coefficient (Wildman–Crippen LogP) is -1.40. The van der Waals surface area contributed by atoms with Gasteiger partial charge < -0.3 is 43.2 Å². The van der Waals surface area contributed by atoms with Gasteiger partial charge in [0.2, 0.25) is 5.91 Å². The van der Waals surface area contributed by atoms with Gasteiger partial charge in [-0.3, -0.25) is 19.2 Å². The summed E-state index contributed by atoms with van der Waals surface area (Å²) >= 11 is 0. The van der Waals surface area contributed by atoms with E-state index < -0.39 is 24.8 Å². The molecule has 0 aromatic heterocycles. The van der Waals surface area contributed by atoms with Crippen LogP contribution in [-0.4, -0.2) is 51.9 Å². The normalized spacial score (nSPS) is 10.1. The Bertz CT molecular complexity index is 454. The number of hydrogen-bond acceptors (Lipinski definition) is 4. The van der Waals surface area contributed by atoms with Gasteiger partial charge in [-0.25, -0.2) is 0 Å². The molecule has 0 aliphatic heterocycles. The van der Waals surface area contributed by atoms with Crippen LogP contribution in [0.4, 0.5) is 14.4 Å². The van der Waals surface area contributed by atoms with E-state index in [-0.39, 0.29) is 55.7 Å². The molecule has 14 heteroatoms. The fourth-order valence-corrected chi connectivity index (χ4v) is 0.665. The molecule has 0 bridgehead atoms. The van der Waals surface area contributed by atoms with E-state index in [1.807, 2.05) is 10.6 Å². The van der Waals surface area contributed by atoms with Gasteiger partial charge in [0.15, 0.2) is 6.03 Å². The van der Waals surface area contributed by atoms with E-state index in [0.29, 0.717) is 7.55 Å². The number of hydrogen-bond donors (Lipinski definition) is 6. The Morgan fingerprint density at radius 2 is 1.50 bits per heavy atom. The average molecular weight is 394 g/mol. The molecule has 0 aliphatic carbocycles. The van der Waals surface area contributed by atoms with Crippen LogP contribution >= 0.6 is 0 Å². The molecule has 0 saturated carbocycles. The SMILES string of the molecule is [2H][N-]C.[2H][N-]C(=O)NCNC(=O)N([2H])[B]N([2H])C(=O)NCNC(C)=O.[Y]. The molecule has 122 valence electrons. The third kappa shape index (κ3) is 20.7. The Morgan fingerprint density at radius 1 is 1.05 bits per heavy atom. The maximum atomic E-state index is 11.3. The van der Waals surface area contributed by atoms with Crippen LogP contribution in [0.5, 0.6) is 0 Å². The summed E-state index contributed by atoms with van der Waals surface area (Å²) in [5.74, 6) is -0.385. The minimum atomic E-state index is -1.04. The van der Waals surface area contributed by atoms with Crippen molar-refractivity contribution in [2.75, 3.05) is 20.4 Å². The molecule has 0 saturated heterocycles. The van der Waals surface area contributed by atoms with Crippen LogP contribution in [0.3, 0.4) is 0 Å². The van der Waals surface area contributed by atoms with Crippen molar-refractivity contribution < 1.29 is 57.5 Å². The molecule has 7 amide bonds. The second-order valence-corrected chi connectivity index (χ2v) is 2.91. The summed E-state index contributed by atoms with van der Waals surface area (Å²) in [6, 6.07) is -3.02. The molecule has 0 heterocycles. The van der Waals surface area contributed by atoms with Crippen molar-refractivity contribution in [3.8, 4) is 0 Å². The van der Waals surface area contributed by atoms with Crippen molar-refractivity contribution in [3.63, 3.8) is 0 Å². The number of urea groups is 3. The summed E-state index contributed by atoms with van der Waals surface area (Å²) in [6.45, 7) is 0.625. The van der Waals surface area contributed by atoms with Crippen LogP contribution in [-0.2, 0) is 37.5 Å². The maximum absolute atomic E-state index is 11.3. The first kappa shape index (κ1) is 16.8. The van der Waals surface area contributed by atoms with Crippen molar-refractivity contribution in [1.82, 2.24) is 31.7 Å². The molecule has 2 radical (unpaired) electrons. The van der Waals surface area contributed by atoms with Gasteiger partial charge in [-0.15, -0.1) is 0 Å². The molecule has 0 atom stereocenters. The topological polar surface area (TPSA) is 188 Å². The number of carbonyl (C=O) groups is 4. The van der Waals surface area contributed by atoms with Crippen molar-refractivity contribution >= 4 is 31.5 Å². The molecule has 0 unspecified atom stereocenters. The molecular weight excluding hydrogens is 372 g/mol. The van der Waals surface area contributed by atoms with E-state index >= 15 is 0 Å². The summed E-state index contributed by atoms with van der Waals surface area (Å²) < 4.78 is 26.7. The van der Waals surface area contributed by atoms with Gasteiger partial charge in [0, 0.05) is 47.7 Å². The molecular formula is C8H18BN8O4Y-2. The second-order valence-electron chi connectivity index (χ2n) is 2.91. The minimum Gasteiger partial charge on any atom is -0.680 e. The van der Waals surface area contributed by atoms with Crippen molar-refractivity contribution in [3.05, 3.63) is 11.5 Å². The van der Waals surface area contributed by atoms with Gasteiger partial charge in [-0.05, 0) is 0 Å². The maximum Gasteiger partial charge on any atom is 0.393 e. The molecule has 0 spiro atoms. The summed E-state index contributed by atoms with van der Waals surface area (Å²) in [5.41, 5.74) is 5.25. The zero-order chi connectivity index (χ0) is 19.8. The van der Waals surface area contributed by atoms with Gasteiger partial charge in [0.25, 0.3) is 0 Å². The monoisotopic (exact) mass is 394 g/mol. The van der Waals surface area contributed by atoms with Crippen LogP contribution in [0.25, 0.3) is 11.5 Å². The first-order valence-corrected chi connectivity index (χ1v) is 5.37. The van der Waals surface area contributed by atoms with Gasteiger partial charge in [-0.2, -0.15) is 8.46 Å². The Morgan fingerprint density at radius 3 is 1.91 bits per heavy atom. The van der Waals surface area contributed by atoms with Gasteiger partial charge in [-0.1, -0.05) is 0 Å². The summed E-state index contributed by atoms with van der Waals surface area (Å²) in [6.07, 6.45) is 0. The minimum absolute atomic E-state index is 0. The number of rotatable bonds is 6. The van der Waals surface area contributed by atoms with Crippen molar-refractivity contribution in [2.45, 2.75) is 6.92 Å². The number of carbonyl (C=O) groups excluding carboxylic acids is 4. The van der Waals surface area contributed by atoms with E-state index in [1.165, 1.54) is 14.0 Å². The third-order valence-electron chi connectivity index (χ3n) is 1.41. The Kier molecular flexibility index (Phi) is 13.3. The molecule has 0 rings (SSSR count). The van der Waals surface area contributed by atoms with Gasteiger partial charge >= 0.3 is 19.6 Å². The van der Waals surface area contributed by atoms with Crippen LogP contribution < -0.4 is 31.7 Å². The molecule has 0 fully saturated rings. The fraction of sp³-hybridized carbons (Fsp3) is 0.500. The zero-order valence-corrected chi connectivity index (χ0v) is 14.8. The molecule has 22 heavy (non-hydrogen) atoms. The average Bonchev–Trinajstić information content (AvgIpc) is 2.54. The summed E-state index contributed by atoms with van der Waals surface area (Å²) in [7, 11) is 1.95. The van der Waals surface area contributed by atoms with Crippen LogP contribution in [0.15, 0.2) is 0 Å². The Balaban J connectivity index is -0.00000123. The van der Waals surface area contributed by atoms with E-state index in [1.54, 1.807) is 0 Å². The molecule has 0 aliphatic rings. The van der Waals surface area contributed by atoms with Gasteiger partial charge in [0.05, 0.1) is 6.67 Å². The zero-order valence-electron chi connectivity index (χ0n) is 16.0. The quantitative estimate of drug-likeness (QED) is 0.239. The van der Waals surface area contributed by atoms with Gasteiger partial charge in [0.1, 0.15) is 2.82 Å². The number of nitrogens with one attached hydrogen (secondary N) is 8. The van der Waals surface area contributed by atoms with Crippen molar-refractivity contribution in [1.29, 1.82) is 0 Å². The summed E-state index contributed by atoms with van der Waals surface area (Å²) in [5, 5.41) is 8.72. The van der Waals surface area contributed by atoms with E-state index in [4.69, 9.17) is 5.65 Å². The Hall–Kier alpha value is -1.59. The number of amides is 7. The second kappa shape index (κ2) is 17.5. The van der Waals surface area contributed by atoms with Crippen LogP contribution in [0.1, 0.15) is 6.92 Å². The molecule has 0 aromatic carbocycles. The molecule has 12 nitrogen and oxygen atoms in total. The first-order valence-electron chi connectivity index (χ1n) is 7.15. The van der Waals surface area contributed by atoms with Crippen LogP contribution in [0, 0.1) is 0 Å². The molecule has 0 aromatic rings. The standard InChI is InChI=1S/C7H15BN7O4.CH4N.Y/c1-4(16)10-2-12-6(18)14-8-15-7(19)13-3-11-5(9)17;1-2;/h2-3H2,1H3,(H8,9,10,11,12,13,14,15,16,17,18,19);2H,1H3;/q;-1;/p-1/i/hD4. The molecule has 8 N–H and O–H groups in total. The Labute approximate surface area is 159 Å². The first-order chi connectivity index (χ1) is 11.7. The fourth-order valence-electron chi connectivity index (χ4n) is 0.665. The largest absolute Gasteiger partial charge is 0.680 e. The summed E-state index contributed by atoms with van der Waals surface area (Å²) in [4.78, 5) is 43.8. The van der Waals surface area contributed by atoms with E-state index in [2.05, 4.69) is 22.1 Å². The van der Waals surface area contributed by atoms with Crippen LogP contribution in [0.2, 0.25) is 5.65 Å².